The maximum absolute atomic E-state index is 12.9. The first-order valence-electron chi connectivity index (χ1n) is 11.8. The highest BCUT2D eigenvalue weighted by Gasteiger charge is 2.24. The summed E-state index contributed by atoms with van der Waals surface area (Å²) in [5.41, 5.74) is 5.59. The SMILES string of the molecule is Cc1cccc(/C=N/Nc2nc(N3CCOCC3)c3sc(C(=O)NC4CCCCC4)nc3n2)c1. The van der Waals surface area contributed by atoms with Crippen LogP contribution in [0.25, 0.3) is 10.3 Å². The van der Waals surface area contributed by atoms with E-state index in [4.69, 9.17) is 9.72 Å². The third kappa shape index (κ3) is 5.34. The van der Waals surface area contributed by atoms with E-state index in [9.17, 15) is 4.79 Å². The molecule has 178 valence electrons. The molecule has 0 bridgehead atoms. The fourth-order valence-electron chi connectivity index (χ4n) is 4.36. The number of nitrogens with zero attached hydrogens (tertiary/aromatic N) is 5. The summed E-state index contributed by atoms with van der Waals surface area (Å²) in [6.07, 6.45) is 7.36. The lowest BCUT2D eigenvalue weighted by Crippen LogP contribution is -2.37. The van der Waals surface area contributed by atoms with E-state index < -0.39 is 0 Å². The summed E-state index contributed by atoms with van der Waals surface area (Å²) in [7, 11) is 0. The van der Waals surface area contributed by atoms with E-state index in [1.54, 1.807) is 6.21 Å². The summed E-state index contributed by atoms with van der Waals surface area (Å²) in [6.45, 7) is 4.75. The number of rotatable bonds is 6. The zero-order valence-electron chi connectivity index (χ0n) is 19.3. The number of carbonyl (C=O) groups is 1. The van der Waals surface area contributed by atoms with E-state index in [0.29, 0.717) is 29.8 Å². The molecule has 1 aliphatic carbocycles. The Morgan fingerprint density at radius 3 is 2.79 bits per heavy atom. The minimum Gasteiger partial charge on any atom is -0.378 e. The third-order valence-electron chi connectivity index (χ3n) is 6.10. The fourth-order valence-corrected chi connectivity index (χ4v) is 5.28. The lowest BCUT2D eigenvalue weighted by molar-refractivity contribution is 0.0927. The molecule has 2 N–H and O–H groups in total. The zero-order chi connectivity index (χ0) is 23.3. The number of fused-ring (bicyclic) bond motifs is 1. The summed E-state index contributed by atoms with van der Waals surface area (Å²) in [6, 6.07) is 8.29. The number of aryl methyl sites for hydroxylation is 1. The molecule has 9 nitrogen and oxygen atoms in total. The van der Waals surface area contributed by atoms with Crippen molar-refractivity contribution < 1.29 is 9.53 Å². The molecular formula is C24H29N7O2S. The van der Waals surface area contributed by atoms with Gasteiger partial charge >= 0.3 is 0 Å². The van der Waals surface area contributed by atoms with E-state index in [1.807, 2.05) is 31.2 Å². The molecule has 2 aliphatic rings. The first-order valence-corrected chi connectivity index (χ1v) is 12.7. The zero-order valence-corrected chi connectivity index (χ0v) is 20.1. The summed E-state index contributed by atoms with van der Waals surface area (Å²) >= 11 is 1.35. The van der Waals surface area contributed by atoms with Crippen molar-refractivity contribution in [2.45, 2.75) is 45.1 Å². The molecule has 0 unspecified atom stereocenters. The van der Waals surface area contributed by atoms with Crippen LogP contribution >= 0.6 is 11.3 Å². The van der Waals surface area contributed by atoms with E-state index >= 15 is 0 Å². The summed E-state index contributed by atoms with van der Waals surface area (Å²) < 4.78 is 6.32. The Kier molecular flexibility index (Phi) is 6.96. The number of hydrazone groups is 1. The third-order valence-corrected chi connectivity index (χ3v) is 7.14. The Bertz CT molecular complexity index is 1180. The number of hydrogen-bond donors (Lipinski definition) is 2. The normalized spacial score (nSPS) is 17.4. The van der Waals surface area contributed by atoms with Crippen LogP contribution < -0.4 is 15.6 Å². The molecule has 10 heteroatoms. The second-order valence-electron chi connectivity index (χ2n) is 8.73. The van der Waals surface area contributed by atoms with E-state index in [0.717, 1.165) is 60.4 Å². The molecule has 1 aromatic carbocycles. The molecule has 34 heavy (non-hydrogen) atoms. The Balaban J connectivity index is 1.41. The largest absolute Gasteiger partial charge is 0.378 e. The number of morpholine rings is 1. The number of anilines is 2. The van der Waals surface area contributed by atoms with Crippen molar-refractivity contribution in [3.8, 4) is 0 Å². The number of amides is 1. The van der Waals surface area contributed by atoms with Crippen molar-refractivity contribution in [1.29, 1.82) is 0 Å². The molecule has 2 aromatic heterocycles. The van der Waals surface area contributed by atoms with E-state index in [-0.39, 0.29) is 11.9 Å². The molecule has 2 fully saturated rings. The number of nitrogens with one attached hydrogen (secondary N) is 2. The van der Waals surface area contributed by atoms with E-state index in [2.05, 4.69) is 30.7 Å². The van der Waals surface area contributed by atoms with Crippen LogP contribution in [0.1, 0.15) is 53.0 Å². The first kappa shape index (κ1) is 22.7. The lowest BCUT2D eigenvalue weighted by atomic mass is 9.95. The van der Waals surface area contributed by atoms with Gasteiger partial charge in [-0.05, 0) is 25.3 Å². The van der Waals surface area contributed by atoms with Gasteiger partial charge in [0.15, 0.2) is 16.5 Å². The van der Waals surface area contributed by atoms with Crippen LogP contribution in [0.2, 0.25) is 0 Å². The van der Waals surface area contributed by atoms with Crippen LogP contribution in [-0.2, 0) is 4.74 Å². The van der Waals surface area contributed by atoms with Gasteiger partial charge in [0.2, 0.25) is 5.95 Å². The van der Waals surface area contributed by atoms with Gasteiger partial charge in [0, 0.05) is 19.1 Å². The highest BCUT2D eigenvalue weighted by atomic mass is 32.1. The van der Waals surface area contributed by atoms with Crippen molar-refractivity contribution in [2.24, 2.45) is 5.10 Å². The molecular weight excluding hydrogens is 450 g/mol. The maximum Gasteiger partial charge on any atom is 0.280 e. The summed E-state index contributed by atoms with van der Waals surface area (Å²) in [5.74, 6) is 0.980. The van der Waals surface area contributed by atoms with Gasteiger partial charge in [-0.2, -0.15) is 15.1 Å². The van der Waals surface area contributed by atoms with Crippen molar-refractivity contribution >= 4 is 45.6 Å². The van der Waals surface area contributed by atoms with Gasteiger partial charge in [-0.3, -0.25) is 4.79 Å². The van der Waals surface area contributed by atoms with Gasteiger partial charge in [-0.25, -0.2) is 10.4 Å². The molecule has 5 rings (SSSR count). The monoisotopic (exact) mass is 479 g/mol. The van der Waals surface area contributed by atoms with Crippen molar-refractivity contribution in [1.82, 2.24) is 20.3 Å². The summed E-state index contributed by atoms with van der Waals surface area (Å²) in [5, 5.41) is 7.89. The molecule has 0 spiro atoms. The van der Waals surface area contributed by atoms with Gasteiger partial charge in [0.1, 0.15) is 4.70 Å². The quantitative estimate of drug-likeness (QED) is 0.410. The molecule has 1 saturated carbocycles. The molecule has 1 aliphatic heterocycles. The molecule has 3 heterocycles. The topological polar surface area (TPSA) is 105 Å². The highest BCUT2D eigenvalue weighted by Crippen LogP contribution is 2.31. The van der Waals surface area contributed by atoms with E-state index in [1.165, 1.54) is 17.8 Å². The van der Waals surface area contributed by atoms with Crippen molar-refractivity contribution in [3.05, 3.63) is 40.4 Å². The van der Waals surface area contributed by atoms with Crippen LogP contribution in [0, 0.1) is 6.92 Å². The number of hydrogen-bond acceptors (Lipinski definition) is 9. The minimum absolute atomic E-state index is 0.130. The summed E-state index contributed by atoms with van der Waals surface area (Å²) in [4.78, 5) is 29.0. The van der Waals surface area contributed by atoms with Crippen molar-refractivity contribution in [3.63, 3.8) is 0 Å². The smallest absolute Gasteiger partial charge is 0.280 e. The predicted molar refractivity (Wildman–Crippen MR) is 135 cm³/mol. The van der Waals surface area contributed by atoms with Gasteiger partial charge < -0.3 is 15.0 Å². The number of aromatic nitrogens is 3. The van der Waals surface area contributed by atoms with Gasteiger partial charge in [-0.1, -0.05) is 49.1 Å². The van der Waals surface area contributed by atoms with Gasteiger partial charge in [0.05, 0.1) is 19.4 Å². The van der Waals surface area contributed by atoms with Crippen LogP contribution in [0.5, 0.6) is 0 Å². The Labute approximate surface area is 202 Å². The van der Waals surface area contributed by atoms with Crippen molar-refractivity contribution in [2.75, 3.05) is 36.6 Å². The number of ether oxygens (including phenoxy) is 1. The van der Waals surface area contributed by atoms with Crippen LogP contribution in [0.4, 0.5) is 11.8 Å². The molecule has 3 aromatic rings. The van der Waals surface area contributed by atoms with Crippen LogP contribution in [0.15, 0.2) is 29.4 Å². The van der Waals surface area contributed by atoms with Gasteiger partial charge in [-0.15, -0.1) is 11.3 Å². The fraction of sp³-hybridized carbons (Fsp3) is 0.458. The molecule has 1 saturated heterocycles. The number of benzene rings is 1. The number of carbonyl (C=O) groups excluding carboxylic acids is 1. The Morgan fingerprint density at radius 2 is 2.00 bits per heavy atom. The molecule has 0 atom stereocenters. The Morgan fingerprint density at radius 1 is 1.18 bits per heavy atom. The predicted octanol–water partition coefficient (Wildman–Crippen LogP) is 3.74. The maximum atomic E-state index is 12.9. The number of thiazole rings is 1. The second kappa shape index (κ2) is 10.4. The van der Waals surface area contributed by atoms with Crippen LogP contribution in [0.3, 0.4) is 0 Å². The Hall–Kier alpha value is -3.11. The average Bonchev–Trinajstić information content (AvgIpc) is 3.29. The molecule has 0 radical (unpaired) electrons. The lowest BCUT2D eigenvalue weighted by Gasteiger charge is -2.28. The van der Waals surface area contributed by atoms with Gasteiger partial charge in [0.25, 0.3) is 5.91 Å². The minimum atomic E-state index is -0.130. The average molecular weight is 480 g/mol. The second-order valence-corrected chi connectivity index (χ2v) is 9.73. The highest BCUT2D eigenvalue weighted by molar-refractivity contribution is 7.20. The molecule has 1 amide bonds. The van der Waals surface area contributed by atoms with Crippen LogP contribution in [-0.4, -0.2) is 59.4 Å². The first-order chi connectivity index (χ1) is 16.7. The standard InChI is InChI=1S/C24H29N7O2S/c1-16-6-5-7-17(14-16)15-25-30-24-28-20-19(21(29-24)31-10-12-33-13-11-31)34-23(27-20)22(32)26-18-8-3-2-4-9-18/h5-7,14-15,18H,2-4,8-13H2,1H3,(H,26,32)(H,28,29,30)/b25-15+.